The summed E-state index contributed by atoms with van der Waals surface area (Å²) in [6.45, 7) is 3.07. The lowest BCUT2D eigenvalue weighted by molar-refractivity contribution is -0.257. The largest absolute Gasteiger partial charge is 0.491 e. The summed E-state index contributed by atoms with van der Waals surface area (Å²) in [5.74, 6) is 0.127. The molecule has 116 valence electrons. The van der Waals surface area contributed by atoms with Crippen LogP contribution in [0.4, 0.5) is 0 Å². The van der Waals surface area contributed by atoms with E-state index in [4.69, 9.17) is 14.2 Å². The first-order chi connectivity index (χ1) is 10.9. The van der Waals surface area contributed by atoms with Crippen molar-refractivity contribution in [1.82, 2.24) is 5.32 Å². The third-order valence-corrected chi connectivity index (χ3v) is 3.62. The van der Waals surface area contributed by atoms with Gasteiger partial charge in [-0.25, -0.2) is 0 Å². The van der Waals surface area contributed by atoms with E-state index in [0.29, 0.717) is 26.4 Å². The lowest BCUT2D eigenvalue weighted by Crippen LogP contribution is -2.49. The van der Waals surface area contributed by atoms with Crippen molar-refractivity contribution in [3.8, 4) is 5.75 Å². The molecule has 1 aliphatic heterocycles. The highest BCUT2D eigenvalue weighted by molar-refractivity contribution is 5.22. The molecule has 4 nitrogen and oxygen atoms in total. The Bertz CT molecular complexity index is 553. The predicted octanol–water partition coefficient (Wildman–Crippen LogP) is 2.55. The Balaban J connectivity index is 1.59. The summed E-state index contributed by atoms with van der Waals surface area (Å²) in [6.07, 6.45) is 0. The van der Waals surface area contributed by atoms with Gasteiger partial charge in [-0.05, 0) is 12.1 Å². The Morgan fingerprint density at radius 1 is 0.955 bits per heavy atom. The Kier molecular flexibility index (Phi) is 5.06. The average Bonchev–Trinajstić information content (AvgIpc) is 2.61. The summed E-state index contributed by atoms with van der Waals surface area (Å²) >= 11 is 0. The lowest BCUT2D eigenvalue weighted by Gasteiger charge is -2.37. The molecule has 3 rings (SSSR count). The Labute approximate surface area is 131 Å². The van der Waals surface area contributed by atoms with Crippen LogP contribution in [-0.4, -0.2) is 32.9 Å². The second kappa shape index (κ2) is 7.40. The van der Waals surface area contributed by atoms with Gasteiger partial charge in [0.1, 0.15) is 12.4 Å². The van der Waals surface area contributed by atoms with Crippen LogP contribution in [0.15, 0.2) is 60.7 Å². The molecule has 1 heterocycles. The second-order valence-corrected chi connectivity index (χ2v) is 5.15. The van der Waals surface area contributed by atoms with Crippen molar-refractivity contribution in [2.45, 2.75) is 5.79 Å². The van der Waals surface area contributed by atoms with Crippen LogP contribution in [0, 0.1) is 0 Å². The molecule has 0 aliphatic carbocycles. The number of benzene rings is 2. The van der Waals surface area contributed by atoms with Gasteiger partial charge in [-0.3, -0.25) is 0 Å². The van der Waals surface area contributed by atoms with E-state index in [9.17, 15) is 0 Å². The fourth-order valence-electron chi connectivity index (χ4n) is 2.53. The summed E-state index contributed by atoms with van der Waals surface area (Å²) in [4.78, 5) is 0. The molecule has 2 aromatic rings. The quantitative estimate of drug-likeness (QED) is 0.832. The van der Waals surface area contributed by atoms with E-state index in [2.05, 4.69) is 5.32 Å². The molecule has 1 saturated heterocycles. The molecule has 0 bridgehead atoms. The zero-order valence-electron chi connectivity index (χ0n) is 12.5. The van der Waals surface area contributed by atoms with Crippen molar-refractivity contribution in [3.05, 3.63) is 66.2 Å². The monoisotopic (exact) mass is 299 g/mol. The summed E-state index contributed by atoms with van der Waals surface area (Å²) in [5.41, 5.74) is 1.03. The minimum Gasteiger partial charge on any atom is -0.491 e. The second-order valence-electron chi connectivity index (χ2n) is 5.15. The molecule has 1 unspecified atom stereocenters. The molecule has 22 heavy (non-hydrogen) atoms. The predicted molar refractivity (Wildman–Crippen MR) is 84.8 cm³/mol. The number of hydrogen-bond donors (Lipinski definition) is 1. The fraction of sp³-hybridized carbons (Fsp3) is 0.333. The fourth-order valence-corrected chi connectivity index (χ4v) is 2.53. The number of rotatable bonds is 6. The molecule has 1 N–H and O–H groups in total. The third-order valence-electron chi connectivity index (χ3n) is 3.62. The molecule has 1 fully saturated rings. The van der Waals surface area contributed by atoms with Crippen LogP contribution >= 0.6 is 0 Å². The van der Waals surface area contributed by atoms with Gasteiger partial charge in [0, 0.05) is 12.1 Å². The SMILES string of the molecule is c1ccc(OCCOC2(c3ccccc3)CNCCO2)cc1. The molecule has 0 aromatic heterocycles. The molecule has 2 aromatic carbocycles. The van der Waals surface area contributed by atoms with E-state index >= 15 is 0 Å². The van der Waals surface area contributed by atoms with Crippen molar-refractivity contribution in [2.75, 3.05) is 32.9 Å². The average molecular weight is 299 g/mol. The first-order valence-electron chi connectivity index (χ1n) is 7.61. The van der Waals surface area contributed by atoms with Crippen LogP contribution in [0.3, 0.4) is 0 Å². The van der Waals surface area contributed by atoms with Crippen molar-refractivity contribution in [2.24, 2.45) is 0 Å². The molecule has 1 atom stereocenters. The van der Waals surface area contributed by atoms with E-state index < -0.39 is 5.79 Å². The standard InChI is InChI=1S/C18H21NO3/c1-3-7-16(8-4-1)18(15-19-11-12-21-18)22-14-13-20-17-9-5-2-6-10-17/h1-10,19H,11-15H2. The Morgan fingerprint density at radius 3 is 2.36 bits per heavy atom. The smallest absolute Gasteiger partial charge is 0.207 e. The summed E-state index contributed by atoms with van der Waals surface area (Å²) in [5, 5.41) is 3.34. The van der Waals surface area contributed by atoms with Gasteiger partial charge in [0.2, 0.25) is 5.79 Å². The van der Waals surface area contributed by atoms with Gasteiger partial charge in [-0.1, -0.05) is 48.5 Å². The van der Waals surface area contributed by atoms with Crippen molar-refractivity contribution < 1.29 is 14.2 Å². The topological polar surface area (TPSA) is 39.7 Å². The van der Waals surface area contributed by atoms with Crippen LogP contribution in [0.25, 0.3) is 0 Å². The zero-order valence-corrected chi connectivity index (χ0v) is 12.5. The van der Waals surface area contributed by atoms with E-state index in [0.717, 1.165) is 17.9 Å². The van der Waals surface area contributed by atoms with Crippen molar-refractivity contribution in [3.63, 3.8) is 0 Å². The van der Waals surface area contributed by atoms with Crippen molar-refractivity contribution >= 4 is 0 Å². The van der Waals surface area contributed by atoms with Gasteiger partial charge in [0.15, 0.2) is 0 Å². The van der Waals surface area contributed by atoms with Gasteiger partial charge in [0.25, 0.3) is 0 Å². The maximum atomic E-state index is 6.07. The minimum atomic E-state index is -0.723. The Hall–Kier alpha value is -1.88. The highest BCUT2D eigenvalue weighted by atomic mass is 16.7. The first-order valence-corrected chi connectivity index (χ1v) is 7.61. The molecule has 0 radical (unpaired) electrons. The van der Waals surface area contributed by atoms with E-state index in [-0.39, 0.29) is 0 Å². The van der Waals surface area contributed by atoms with E-state index in [1.807, 2.05) is 60.7 Å². The van der Waals surface area contributed by atoms with Gasteiger partial charge in [0.05, 0.1) is 19.8 Å². The lowest BCUT2D eigenvalue weighted by atomic mass is 10.0. The van der Waals surface area contributed by atoms with Gasteiger partial charge in [-0.15, -0.1) is 0 Å². The molecule has 4 heteroatoms. The molecule has 0 amide bonds. The summed E-state index contributed by atoms with van der Waals surface area (Å²) in [7, 11) is 0. The highest BCUT2D eigenvalue weighted by Gasteiger charge is 2.36. The number of nitrogens with one attached hydrogen (secondary N) is 1. The number of hydrogen-bond acceptors (Lipinski definition) is 4. The summed E-state index contributed by atoms with van der Waals surface area (Å²) in [6, 6.07) is 19.8. The highest BCUT2D eigenvalue weighted by Crippen LogP contribution is 2.28. The van der Waals surface area contributed by atoms with Crippen LogP contribution < -0.4 is 10.1 Å². The number of morpholine rings is 1. The normalized spacial score (nSPS) is 21.5. The van der Waals surface area contributed by atoms with Gasteiger partial charge >= 0.3 is 0 Å². The van der Waals surface area contributed by atoms with Crippen LogP contribution in [0.5, 0.6) is 5.75 Å². The molecular weight excluding hydrogens is 278 g/mol. The first kappa shape index (κ1) is 15.0. The number of para-hydroxylation sites is 1. The minimum absolute atomic E-state index is 0.464. The maximum Gasteiger partial charge on any atom is 0.207 e. The maximum absolute atomic E-state index is 6.07. The van der Waals surface area contributed by atoms with Crippen LogP contribution in [0.1, 0.15) is 5.56 Å². The number of ether oxygens (including phenoxy) is 3. The molecule has 0 spiro atoms. The summed E-state index contributed by atoms with van der Waals surface area (Å²) < 4.78 is 17.7. The van der Waals surface area contributed by atoms with Gasteiger partial charge < -0.3 is 19.5 Å². The van der Waals surface area contributed by atoms with E-state index in [1.54, 1.807) is 0 Å². The molecular formula is C18H21NO3. The van der Waals surface area contributed by atoms with Crippen molar-refractivity contribution in [1.29, 1.82) is 0 Å². The Morgan fingerprint density at radius 2 is 1.68 bits per heavy atom. The van der Waals surface area contributed by atoms with Crippen LogP contribution in [-0.2, 0) is 15.3 Å². The van der Waals surface area contributed by atoms with E-state index in [1.165, 1.54) is 0 Å². The third kappa shape index (κ3) is 3.65. The zero-order chi connectivity index (χ0) is 15.1. The van der Waals surface area contributed by atoms with Crippen LogP contribution in [0.2, 0.25) is 0 Å². The van der Waals surface area contributed by atoms with Gasteiger partial charge in [-0.2, -0.15) is 0 Å². The molecule has 1 aliphatic rings. The molecule has 0 saturated carbocycles.